The topological polar surface area (TPSA) is 40.5 Å². The first-order valence-electron chi connectivity index (χ1n) is 10.9. The average molecular weight is 477 g/mol. The van der Waals surface area contributed by atoms with Crippen LogP contribution in [0.5, 0.6) is 0 Å². The smallest absolute Gasteiger partial charge is 0.236 e. The Hall–Kier alpha value is -2.34. The van der Waals surface area contributed by atoms with E-state index in [2.05, 4.69) is 16.2 Å². The molecule has 32 heavy (non-hydrogen) atoms. The molecule has 0 bridgehead atoms. The van der Waals surface area contributed by atoms with Gasteiger partial charge in [0.15, 0.2) is 0 Å². The third kappa shape index (κ3) is 9.03. The van der Waals surface area contributed by atoms with Gasteiger partial charge in [-0.1, -0.05) is 135 Å². The predicted octanol–water partition coefficient (Wildman–Crippen LogP) is 2.31. The molecule has 0 saturated heterocycles. The minimum absolute atomic E-state index is 1.07. The summed E-state index contributed by atoms with van der Waals surface area (Å²) < 4.78 is 0. The van der Waals surface area contributed by atoms with Crippen molar-refractivity contribution in [2.75, 3.05) is 6.16 Å². The Morgan fingerprint density at radius 3 is 0.844 bits per heavy atom. The van der Waals surface area contributed by atoms with Crippen LogP contribution in [0.1, 0.15) is 13.3 Å². The van der Waals surface area contributed by atoms with Gasteiger partial charge in [0, 0.05) is 0 Å². The second-order valence-corrected chi connectivity index (χ2v) is 12.1. The average Bonchev–Trinajstić information content (AvgIpc) is 2.90. The van der Waals surface area contributed by atoms with Gasteiger partial charge in [0.25, 0.3) is 0 Å². The summed E-state index contributed by atoms with van der Waals surface area (Å²) in [6.45, 7) is 2.16. The van der Waals surface area contributed by atoms with E-state index in [1.54, 1.807) is 0 Å². The third-order valence-electron chi connectivity index (χ3n) is 4.75. The molecule has 1 unspecified atom stereocenters. The lowest BCUT2D eigenvalue weighted by molar-refractivity contribution is 0.599. The molecule has 2 N–H and O–H groups in total. The Bertz CT molecular complexity index is 809. The lowest BCUT2D eigenvalue weighted by atomic mass is 10.4. The van der Waals surface area contributed by atoms with Gasteiger partial charge in [0.1, 0.15) is 0 Å². The Morgan fingerprint density at radius 1 is 0.500 bits per heavy atom. The van der Waals surface area contributed by atoms with E-state index in [0.29, 0.717) is 0 Å². The monoisotopic (exact) mass is 476 g/mol. The molecule has 0 radical (unpaired) electrons. The lowest BCUT2D eigenvalue weighted by Crippen LogP contribution is -2.41. The number of hydrogen-bond donors (Lipinski definition) is 2. The molecule has 1 atom stereocenters. The van der Waals surface area contributed by atoms with Crippen LogP contribution in [0.2, 0.25) is 0 Å². The first-order chi connectivity index (χ1) is 15.7. The summed E-state index contributed by atoms with van der Waals surface area (Å²) in [6, 6.07) is 39.5. The number of benzene rings is 4. The van der Waals surface area contributed by atoms with Gasteiger partial charge in [-0.25, -0.2) is 0 Å². The van der Waals surface area contributed by atoms with Crippen LogP contribution < -0.4 is 20.7 Å². The molecule has 0 aliphatic rings. The highest BCUT2D eigenvalue weighted by molar-refractivity contribution is 7.16. The van der Waals surface area contributed by atoms with E-state index >= 15 is 0 Å². The number of rotatable bonds is 5. The van der Waals surface area contributed by atoms with Crippen molar-refractivity contribution >= 4 is 48.1 Å². The maximum atomic E-state index is 10.1. The molecule has 0 amide bonds. The van der Waals surface area contributed by atoms with E-state index in [-0.39, 0.29) is 0 Å². The van der Waals surface area contributed by atoms with E-state index in [1.807, 2.05) is 121 Å². The van der Waals surface area contributed by atoms with Crippen LogP contribution in [0.3, 0.4) is 0 Å². The van der Waals surface area contributed by atoms with Gasteiger partial charge in [0.2, 0.25) is 18.1 Å². The molecule has 0 spiro atoms. The van der Waals surface area contributed by atoms with E-state index in [1.165, 1.54) is 12.6 Å². The molecule has 166 valence electrons. The zero-order chi connectivity index (χ0) is 23.0. The van der Waals surface area contributed by atoms with Crippen molar-refractivity contribution in [3.63, 3.8) is 0 Å². The second-order valence-electron chi connectivity index (χ2n) is 7.24. The Morgan fingerprint density at radius 2 is 0.688 bits per heavy atom. The molecule has 0 saturated carbocycles. The molecule has 0 aliphatic heterocycles. The summed E-state index contributed by atoms with van der Waals surface area (Å²) in [5.41, 5.74) is 0. The Kier molecular flexibility index (Phi) is 12.5. The molecule has 4 aromatic rings. The van der Waals surface area contributed by atoms with E-state index in [4.69, 9.17) is 0 Å². The second kappa shape index (κ2) is 15.5. The van der Waals surface area contributed by atoms with Crippen molar-refractivity contribution in [2.24, 2.45) is 0 Å². The minimum atomic E-state index is -1.92. The summed E-state index contributed by atoms with van der Waals surface area (Å²) in [5.74, 6) is 0. The third-order valence-corrected chi connectivity index (χ3v) is 9.39. The predicted molar refractivity (Wildman–Crippen MR) is 148 cm³/mol. The van der Waals surface area contributed by atoms with Gasteiger partial charge in [-0.05, 0) is 26.9 Å². The van der Waals surface area contributed by atoms with Gasteiger partial charge in [-0.3, -0.25) is 0 Å². The zero-order valence-electron chi connectivity index (χ0n) is 18.6. The van der Waals surface area contributed by atoms with Crippen molar-refractivity contribution in [1.29, 1.82) is 0 Å². The highest BCUT2D eigenvalue weighted by Gasteiger charge is 2.12. The number of hydrogen-bond acceptors (Lipinski definition) is 2. The standard InChI is InChI=1S/2C12H12OSi.C3H9P/c2*13-14(11-7-3-1-4-8-11)12-9-5-2-6-10-12;1-2-3-4/h2*1-10,13-14H;2-4H2,1H3. The summed E-state index contributed by atoms with van der Waals surface area (Å²) >= 11 is 0. The van der Waals surface area contributed by atoms with Gasteiger partial charge in [-0.2, -0.15) is 0 Å². The fourth-order valence-corrected chi connectivity index (χ4v) is 6.04. The fourth-order valence-electron chi connectivity index (χ4n) is 2.93. The molecular weight excluding hydrogens is 443 g/mol. The summed E-state index contributed by atoms with van der Waals surface area (Å²) in [4.78, 5) is 20.3. The summed E-state index contributed by atoms with van der Waals surface area (Å²) in [7, 11) is -1.18. The van der Waals surface area contributed by atoms with Crippen molar-refractivity contribution in [3.8, 4) is 0 Å². The van der Waals surface area contributed by atoms with Gasteiger partial charge in [-0.15, -0.1) is 9.24 Å². The molecular formula is C27H33O2PSi2. The minimum Gasteiger partial charge on any atom is -0.426 e. The van der Waals surface area contributed by atoms with Crippen LogP contribution in [0, 0.1) is 0 Å². The highest BCUT2D eigenvalue weighted by Crippen LogP contribution is 1.90. The Labute approximate surface area is 198 Å². The molecule has 0 aliphatic carbocycles. The maximum absolute atomic E-state index is 10.1. The highest BCUT2D eigenvalue weighted by atomic mass is 31.0. The van der Waals surface area contributed by atoms with Crippen molar-refractivity contribution in [2.45, 2.75) is 13.3 Å². The molecule has 2 nitrogen and oxygen atoms in total. The van der Waals surface area contributed by atoms with Crippen molar-refractivity contribution in [3.05, 3.63) is 121 Å². The molecule has 4 rings (SSSR count). The lowest BCUT2D eigenvalue weighted by Gasteiger charge is -2.08. The van der Waals surface area contributed by atoms with Crippen LogP contribution >= 0.6 is 9.24 Å². The first-order valence-corrected chi connectivity index (χ1v) is 15.1. The first kappa shape index (κ1) is 25.9. The van der Waals surface area contributed by atoms with Crippen LogP contribution in [0.15, 0.2) is 121 Å². The summed E-state index contributed by atoms with van der Waals surface area (Å²) in [5, 5.41) is 4.27. The van der Waals surface area contributed by atoms with Crippen LogP contribution in [-0.2, 0) is 0 Å². The quantitative estimate of drug-likeness (QED) is 0.343. The molecule has 5 heteroatoms. The summed E-state index contributed by atoms with van der Waals surface area (Å²) in [6.07, 6.45) is 2.52. The van der Waals surface area contributed by atoms with Crippen LogP contribution in [0.25, 0.3) is 0 Å². The van der Waals surface area contributed by atoms with Gasteiger partial charge >= 0.3 is 0 Å². The molecule has 0 fully saturated rings. The molecule has 4 aromatic carbocycles. The molecule has 0 aromatic heterocycles. The van der Waals surface area contributed by atoms with E-state index in [9.17, 15) is 9.59 Å². The van der Waals surface area contributed by atoms with Gasteiger partial charge < -0.3 is 9.59 Å². The zero-order valence-corrected chi connectivity index (χ0v) is 22.1. The van der Waals surface area contributed by atoms with Crippen LogP contribution in [0.4, 0.5) is 0 Å². The maximum Gasteiger partial charge on any atom is 0.236 e. The van der Waals surface area contributed by atoms with Crippen molar-refractivity contribution < 1.29 is 9.59 Å². The fraction of sp³-hybridized carbons (Fsp3) is 0.111. The Balaban J connectivity index is 0.000000195. The molecule has 0 heterocycles. The van der Waals surface area contributed by atoms with Gasteiger partial charge in [0.05, 0.1) is 0 Å². The van der Waals surface area contributed by atoms with E-state index < -0.39 is 18.1 Å². The normalized spacial score (nSPS) is 10.1. The van der Waals surface area contributed by atoms with E-state index in [0.717, 1.165) is 20.7 Å². The SMILES string of the molecule is CCCP.O[SiH](c1ccccc1)c1ccccc1.O[SiH](c1ccccc1)c1ccccc1. The van der Waals surface area contributed by atoms with Crippen molar-refractivity contribution in [1.82, 2.24) is 0 Å². The largest absolute Gasteiger partial charge is 0.426 e. The van der Waals surface area contributed by atoms with Crippen LogP contribution in [-0.4, -0.2) is 33.8 Å².